The van der Waals surface area contributed by atoms with Gasteiger partial charge in [-0.2, -0.15) is 0 Å². The van der Waals surface area contributed by atoms with E-state index in [4.69, 9.17) is 11.6 Å². The normalized spacial score (nSPS) is 10.6. The minimum atomic E-state index is 0.175. The molecule has 0 aromatic heterocycles. The van der Waals surface area contributed by atoms with Crippen LogP contribution < -0.4 is 0 Å². The van der Waals surface area contributed by atoms with Gasteiger partial charge in [-0.3, -0.25) is 4.79 Å². The summed E-state index contributed by atoms with van der Waals surface area (Å²) in [7, 11) is 0. The van der Waals surface area contributed by atoms with Crippen molar-refractivity contribution in [2.45, 2.75) is 33.1 Å². The number of halogens is 1. The van der Waals surface area contributed by atoms with E-state index in [1.54, 1.807) is 6.92 Å². The van der Waals surface area contributed by atoms with Crippen LogP contribution >= 0.6 is 11.6 Å². The molecule has 0 N–H and O–H groups in total. The molecule has 0 aliphatic rings. The lowest BCUT2D eigenvalue weighted by molar-refractivity contribution is -0.116. The van der Waals surface area contributed by atoms with E-state index in [-0.39, 0.29) is 5.78 Å². The van der Waals surface area contributed by atoms with E-state index in [0.29, 0.717) is 17.4 Å². The second-order valence-corrected chi connectivity index (χ2v) is 4.31. The summed E-state index contributed by atoms with van der Waals surface area (Å²) >= 11 is 5.89. The average Bonchev–Trinajstić information content (AvgIpc) is 2.01. The predicted octanol–water partition coefficient (Wildman–Crippen LogP) is 3.59. The molecule has 0 amide bonds. The summed E-state index contributed by atoms with van der Waals surface area (Å²) in [4.78, 5) is 11.1. The fourth-order valence-electron chi connectivity index (χ4n) is 1.56. The third-order valence-corrected chi connectivity index (χ3v) is 2.40. The SMILES string of the molecule is CC(=O)Cc1cc(Cl)ccc1C(C)C. The van der Waals surface area contributed by atoms with Crippen LogP contribution in [0.5, 0.6) is 0 Å². The van der Waals surface area contributed by atoms with Gasteiger partial charge in [-0.05, 0) is 36.1 Å². The maximum Gasteiger partial charge on any atom is 0.134 e. The van der Waals surface area contributed by atoms with Gasteiger partial charge in [0.05, 0.1) is 0 Å². The standard InChI is InChI=1S/C12H15ClO/c1-8(2)12-5-4-11(13)7-10(12)6-9(3)14/h4-5,7-8H,6H2,1-3H3. The van der Waals surface area contributed by atoms with Crippen molar-refractivity contribution >= 4 is 17.4 Å². The Morgan fingerprint density at radius 2 is 2.07 bits per heavy atom. The molecule has 1 rings (SSSR count). The number of Topliss-reactive ketones (excluding diaryl/α,β-unsaturated/α-hetero) is 1. The highest BCUT2D eigenvalue weighted by molar-refractivity contribution is 6.30. The van der Waals surface area contributed by atoms with Crippen LogP contribution in [0.3, 0.4) is 0 Å². The van der Waals surface area contributed by atoms with E-state index >= 15 is 0 Å². The summed E-state index contributed by atoms with van der Waals surface area (Å²) in [5.41, 5.74) is 2.27. The van der Waals surface area contributed by atoms with E-state index in [2.05, 4.69) is 13.8 Å². The van der Waals surface area contributed by atoms with Crippen molar-refractivity contribution in [3.63, 3.8) is 0 Å². The highest BCUT2D eigenvalue weighted by Crippen LogP contribution is 2.23. The Morgan fingerprint density at radius 1 is 1.43 bits per heavy atom. The van der Waals surface area contributed by atoms with Crippen LogP contribution in [-0.4, -0.2) is 5.78 Å². The zero-order valence-electron chi connectivity index (χ0n) is 8.80. The molecule has 1 aromatic rings. The van der Waals surface area contributed by atoms with Gasteiger partial charge in [0.2, 0.25) is 0 Å². The average molecular weight is 211 g/mol. The molecule has 0 aliphatic carbocycles. The molecule has 0 atom stereocenters. The fourth-order valence-corrected chi connectivity index (χ4v) is 1.75. The number of carbonyl (C=O) groups is 1. The monoisotopic (exact) mass is 210 g/mol. The summed E-state index contributed by atoms with van der Waals surface area (Å²) in [6.45, 7) is 5.84. The van der Waals surface area contributed by atoms with Crippen LogP contribution in [0.2, 0.25) is 5.02 Å². The molecule has 0 spiro atoms. The smallest absolute Gasteiger partial charge is 0.134 e. The van der Waals surface area contributed by atoms with Gasteiger partial charge >= 0.3 is 0 Å². The minimum absolute atomic E-state index is 0.175. The van der Waals surface area contributed by atoms with Crippen LogP contribution in [0.1, 0.15) is 37.8 Å². The molecule has 14 heavy (non-hydrogen) atoms. The third kappa shape index (κ3) is 2.85. The van der Waals surface area contributed by atoms with Gasteiger partial charge in [-0.1, -0.05) is 31.5 Å². The maximum atomic E-state index is 11.1. The highest BCUT2D eigenvalue weighted by Gasteiger charge is 2.08. The van der Waals surface area contributed by atoms with Crippen molar-refractivity contribution in [3.05, 3.63) is 34.3 Å². The second kappa shape index (κ2) is 4.61. The molecule has 1 nitrogen and oxygen atoms in total. The van der Waals surface area contributed by atoms with Crippen LogP contribution in [-0.2, 0) is 11.2 Å². The van der Waals surface area contributed by atoms with Crippen molar-refractivity contribution in [3.8, 4) is 0 Å². The summed E-state index contributed by atoms with van der Waals surface area (Å²) in [6, 6.07) is 5.77. The van der Waals surface area contributed by atoms with Gasteiger partial charge in [0.25, 0.3) is 0 Å². The van der Waals surface area contributed by atoms with Gasteiger partial charge in [0.1, 0.15) is 5.78 Å². The van der Waals surface area contributed by atoms with Crippen LogP contribution in [0.25, 0.3) is 0 Å². The molecule has 76 valence electrons. The first kappa shape index (κ1) is 11.3. The van der Waals surface area contributed by atoms with Crippen LogP contribution in [0.15, 0.2) is 18.2 Å². The number of ketones is 1. The van der Waals surface area contributed by atoms with E-state index in [1.165, 1.54) is 5.56 Å². The molecule has 0 saturated heterocycles. The van der Waals surface area contributed by atoms with Crippen LogP contribution in [0, 0.1) is 0 Å². The molecule has 2 heteroatoms. The fraction of sp³-hybridized carbons (Fsp3) is 0.417. The first-order valence-corrected chi connectivity index (χ1v) is 5.16. The van der Waals surface area contributed by atoms with Crippen LogP contribution in [0.4, 0.5) is 0 Å². The first-order valence-electron chi connectivity index (χ1n) is 4.78. The lowest BCUT2D eigenvalue weighted by atomic mass is 9.94. The molecular weight excluding hydrogens is 196 g/mol. The highest BCUT2D eigenvalue weighted by atomic mass is 35.5. The van der Waals surface area contributed by atoms with Crippen molar-refractivity contribution in [2.75, 3.05) is 0 Å². The van der Waals surface area contributed by atoms with E-state index in [9.17, 15) is 4.79 Å². The molecule has 0 unspecified atom stereocenters. The molecule has 0 saturated carbocycles. The third-order valence-electron chi connectivity index (χ3n) is 2.17. The Balaban J connectivity index is 3.09. The van der Waals surface area contributed by atoms with Crippen molar-refractivity contribution in [1.82, 2.24) is 0 Å². The van der Waals surface area contributed by atoms with Crippen molar-refractivity contribution in [2.24, 2.45) is 0 Å². The number of hydrogen-bond donors (Lipinski definition) is 0. The number of carbonyl (C=O) groups excluding carboxylic acids is 1. The zero-order chi connectivity index (χ0) is 10.7. The Kier molecular flexibility index (Phi) is 3.70. The Hall–Kier alpha value is -0.820. The van der Waals surface area contributed by atoms with E-state index in [0.717, 1.165) is 5.56 Å². The largest absolute Gasteiger partial charge is 0.300 e. The van der Waals surface area contributed by atoms with Crippen molar-refractivity contribution < 1.29 is 4.79 Å². The van der Waals surface area contributed by atoms with E-state index < -0.39 is 0 Å². The lowest BCUT2D eigenvalue weighted by Crippen LogP contribution is -2.02. The molecule has 0 aliphatic heterocycles. The number of hydrogen-bond acceptors (Lipinski definition) is 1. The molecule has 0 radical (unpaired) electrons. The Labute approximate surface area is 90.1 Å². The molecule has 0 fully saturated rings. The maximum absolute atomic E-state index is 11.1. The topological polar surface area (TPSA) is 17.1 Å². The first-order chi connectivity index (χ1) is 6.50. The quantitative estimate of drug-likeness (QED) is 0.745. The molecule has 0 heterocycles. The Morgan fingerprint density at radius 3 is 2.57 bits per heavy atom. The van der Waals surface area contributed by atoms with Gasteiger partial charge in [0, 0.05) is 11.4 Å². The Bertz CT molecular complexity index is 342. The number of benzene rings is 1. The van der Waals surface area contributed by atoms with Crippen molar-refractivity contribution in [1.29, 1.82) is 0 Å². The van der Waals surface area contributed by atoms with Gasteiger partial charge in [0.15, 0.2) is 0 Å². The lowest BCUT2D eigenvalue weighted by Gasteiger charge is -2.11. The van der Waals surface area contributed by atoms with Gasteiger partial charge < -0.3 is 0 Å². The molecule has 1 aromatic carbocycles. The molecular formula is C12H15ClO. The summed E-state index contributed by atoms with van der Waals surface area (Å²) in [5.74, 6) is 0.607. The zero-order valence-corrected chi connectivity index (χ0v) is 9.56. The summed E-state index contributed by atoms with van der Waals surface area (Å²) in [5, 5.41) is 0.700. The summed E-state index contributed by atoms with van der Waals surface area (Å²) < 4.78 is 0. The van der Waals surface area contributed by atoms with E-state index in [1.807, 2.05) is 18.2 Å². The molecule has 0 bridgehead atoms. The minimum Gasteiger partial charge on any atom is -0.300 e. The second-order valence-electron chi connectivity index (χ2n) is 3.88. The summed E-state index contributed by atoms with van der Waals surface area (Å²) in [6.07, 6.45) is 0.480. The number of rotatable bonds is 3. The predicted molar refractivity (Wildman–Crippen MR) is 59.9 cm³/mol. The van der Waals surface area contributed by atoms with Gasteiger partial charge in [-0.25, -0.2) is 0 Å². The van der Waals surface area contributed by atoms with Gasteiger partial charge in [-0.15, -0.1) is 0 Å².